The molecule has 2 heterocycles. The van der Waals surface area contributed by atoms with Crippen LogP contribution in [-0.2, 0) is 0 Å². The van der Waals surface area contributed by atoms with E-state index < -0.39 is 0 Å². The van der Waals surface area contributed by atoms with Crippen molar-refractivity contribution in [3.05, 3.63) is 53.5 Å². The average Bonchev–Trinajstić information content (AvgIpc) is 3.01. The van der Waals surface area contributed by atoms with Crippen LogP contribution in [0.5, 0.6) is 0 Å². The van der Waals surface area contributed by atoms with E-state index >= 15 is 0 Å². The molecule has 3 nitrogen and oxygen atoms in total. The van der Waals surface area contributed by atoms with E-state index in [0.717, 1.165) is 31.5 Å². The van der Waals surface area contributed by atoms with Gasteiger partial charge in [-0.3, -0.25) is 9.78 Å². The smallest absolute Gasteiger partial charge is 0.253 e. The number of hydrogen-bond acceptors (Lipinski definition) is 2. The highest BCUT2D eigenvalue weighted by molar-refractivity contribution is 5.95. The van der Waals surface area contributed by atoms with Crippen molar-refractivity contribution in [1.82, 2.24) is 9.88 Å². The molecule has 0 spiro atoms. The van der Waals surface area contributed by atoms with Crippen LogP contribution in [0.15, 0.2) is 36.5 Å². The zero-order valence-electron chi connectivity index (χ0n) is 12.0. The minimum atomic E-state index is -0.312. The SMILES string of the molecule is Cc1ccc(-c2cc(C(=O)N3CCCC3)ccn2)c(F)c1. The summed E-state index contributed by atoms with van der Waals surface area (Å²) in [6.07, 6.45) is 3.67. The Balaban J connectivity index is 1.94. The van der Waals surface area contributed by atoms with Crippen molar-refractivity contribution < 1.29 is 9.18 Å². The number of aromatic nitrogens is 1. The standard InChI is InChI=1S/C17H17FN2O/c1-12-4-5-14(15(18)10-12)16-11-13(6-7-19-16)17(21)20-8-2-3-9-20/h4-7,10-11H,2-3,8-9H2,1H3. The van der Waals surface area contributed by atoms with Crippen LogP contribution >= 0.6 is 0 Å². The lowest BCUT2D eigenvalue weighted by atomic mass is 10.1. The Morgan fingerprint density at radius 1 is 1.19 bits per heavy atom. The first-order valence-corrected chi connectivity index (χ1v) is 7.17. The highest BCUT2D eigenvalue weighted by Gasteiger charge is 2.20. The maximum absolute atomic E-state index is 14.0. The summed E-state index contributed by atoms with van der Waals surface area (Å²) in [6.45, 7) is 3.44. The summed E-state index contributed by atoms with van der Waals surface area (Å²) in [7, 11) is 0. The van der Waals surface area contributed by atoms with Crippen LogP contribution in [0.25, 0.3) is 11.3 Å². The second kappa shape index (κ2) is 5.64. The van der Waals surface area contributed by atoms with Crippen LogP contribution in [-0.4, -0.2) is 28.9 Å². The van der Waals surface area contributed by atoms with Crippen LogP contribution in [0.4, 0.5) is 4.39 Å². The van der Waals surface area contributed by atoms with Crippen molar-refractivity contribution in [1.29, 1.82) is 0 Å². The van der Waals surface area contributed by atoms with Gasteiger partial charge in [0, 0.05) is 30.4 Å². The Morgan fingerprint density at radius 2 is 1.95 bits per heavy atom. The number of hydrogen-bond donors (Lipinski definition) is 0. The van der Waals surface area contributed by atoms with E-state index in [1.165, 1.54) is 6.07 Å². The van der Waals surface area contributed by atoms with Gasteiger partial charge in [0.1, 0.15) is 5.82 Å². The van der Waals surface area contributed by atoms with Gasteiger partial charge < -0.3 is 4.90 Å². The molecule has 108 valence electrons. The fraction of sp³-hybridized carbons (Fsp3) is 0.294. The van der Waals surface area contributed by atoms with Gasteiger partial charge in [0.25, 0.3) is 5.91 Å². The van der Waals surface area contributed by atoms with Gasteiger partial charge in [-0.25, -0.2) is 4.39 Å². The molecule has 1 fully saturated rings. The second-order valence-corrected chi connectivity index (χ2v) is 5.41. The number of nitrogens with zero attached hydrogens (tertiary/aromatic N) is 2. The van der Waals surface area contributed by atoms with Crippen molar-refractivity contribution in [3.63, 3.8) is 0 Å². The zero-order valence-corrected chi connectivity index (χ0v) is 12.0. The summed E-state index contributed by atoms with van der Waals surface area (Å²) >= 11 is 0. The number of aryl methyl sites for hydroxylation is 1. The third-order valence-corrected chi connectivity index (χ3v) is 3.80. The number of carbonyl (C=O) groups is 1. The number of benzene rings is 1. The Bertz CT molecular complexity index is 678. The molecule has 4 heteroatoms. The number of halogens is 1. The molecule has 21 heavy (non-hydrogen) atoms. The summed E-state index contributed by atoms with van der Waals surface area (Å²) in [4.78, 5) is 18.4. The highest BCUT2D eigenvalue weighted by Crippen LogP contribution is 2.23. The van der Waals surface area contributed by atoms with E-state index in [-0.39, 0.29) is 11.7 Å². The number of amides is 1. The second-order valence-electron chi connectivity index (χ2n) is 5.41. The maximum Gasteiger partial charge on any atom is 0.253 e. The van der Waals surface area contributed by atoms with E-state index in [2.05, 4.69) is 4.98 Å². The molecule has 0 saturated carbocycles. The third kappa shape index (κ3) is 2.79. The van der Waals surface area contributed by atoms with Gasteiger partial charge in [-0.05, 0) is 49.6 Å². The van der Waals surface area contributed by atoms with Gasteiger partial charge in [-0.2, -0.15) is 0 Å². The summed E-state index contributed by atoms with van der Waals surface area (Å²) in [6, 6.07) is 8.39. The summed E-state index contributed by atoms with van der Waals surface area (Å²) in [5.41, 5.74) is 2.36. The first kappa shape index (κ1) is 13.7. The van der Waals surface area contributed by atoms with Crippen LogP contribution in [0.3, 0.4) is 0 Å². The van der Waals surface area contributed by atoms with E-state index in [1.54, 1.807) is 24.4 Å². The van der Waals surface area contributed by atoms with E-state index in [1.807, 2.05) is 17.9 Å². The predicted molar refractivity (Wildman–Crippen MR) is 79.5 cm³/mol. The van der Waals surface area contributed by atoms with Crippen molar-refractivity contribution >= 4 is 5.91 Å². The van der Waals surface area contributed by atoms with E-state index in [4.69, 9.17) is 0 Å². The number of likely N-dealkylation sites (tertiary alicyclic amines) is 1. The van der Waals surface area contributed by atoms with Crippen molar-refractivity contribution in [3.8, 4) is 11.3 Å². The minimum Gasteiger partial charge on any atom is -0.339 e. The summed E-state index contributed by atoms with van der Waals surface area (Å²) < 4.78 is 14.0. The van der Waals surface area contributed by atoms with Gasteiger partial charge in [0.05, 0.1) is 5.69 Å². The Kier molecular flexibility index (Phi) is 3.69. The molecular formula is C17H17FN2O. The van der Waals surface area contributed by atoms with Crippen LogP contribution < -0.4 is 0 Å². The molecule has 3 rings (SSSR count). The Morgan fingerprint density at radius 3 is 2.67 bits per heavy atom. The maximum atomic E-state index is 14.0. The van der Waals surface area contributed by atoms with E-state index in [0.29, 0.717) is 16.8 Å². The van der Waals surface area contributed by atoms with Crippen molar-refractivity contribution in [2.75, 3.05) is 13.1 Å². The Hall–Kier alpha value is -2.23. The molecule has 1 aliphatic rings. The van der Waals surface area contributed by atoms with Gasteiger partial charge in [-0.15, -0.1) is 0 Å². The van der Waals surface area contributed by atoms with Crippen LogP contribution in [0.1, 0.15) is 28.8 Å². The predicted octanol–water partition coefficient (Wildman–Crippen LogP) is 3.43. The molecule has 1 aromatic carbocycles. The zero-order chi connectivity index (χ0) is 14.8. The molecule has 0 bridgehead atoms. The molecule has 1 aliphatic heterocycles. The first-order chi connectivity index (χ1) is 10.1. The normalized spacial score (nSPS) is 14.5. The molecule has 1 amide bonds. The molecule has 0 unspecified atom stereocenters. The molecular weight excluding hydrogens is 267 g/mol. The average molecular weight is 284 g/mol. The minimum absolute atomic E-state index is 0.00340. The fourth-order valence-corrected chi connectivity index (χ4v) is 2.64. The molecule has 0 radical (unpaired) electrons. The number of pyridine rings is 1. The lowest BCUT2D eigenvalue weighted by Crippen LogP contribution is -2.27. The first-order valence-electron chi connectivity index (χ1n) is 7.17. The lowest BCUT2D eigenvalue weighted by Gasteiger charge is -2.15. The fourth-order valence-electron chi connectivity index (χ4n) is 2.64. The summed E-state index contributed by atoms with van der Waals surface area (Å²) in [5.74, 6) is -0.308. The molecule has 0 N–H and O–H groups in total. The molecule has 2 aromatic rings. The van der Waals surface area contributed by atoms with Crippen molar-refractivity contribution in [2.45, 2.75) is 19.8 Å². The van der Waals surface area contributed by atoms with E-state index in [9.17, 15) is 9.18 Å². The Labute approximate surface area is 123 Å². The summed E-state index contributed by atoms with van der Waals surface area (Å²) in [5, 5.41) is 0. The molecule has 1 saturated heterocycles. The largest absolute Gasteiger partial charge is 0.339 e. The van der Waals surface area contributed by atoms with Gasteiger partial charge in [0.15, 0.2) is 0 Å². The molecule has 1 aromatic heterocycles. The van der Waals surface area contributed by atoms with Gasteiger partial charge in [0.2, 0.25) is 0 Å². The number of rotatable bonds is 2. The monoisotopic (exact) mass is 284 g/mol. The van der Waals surface area contributed by atoms with Gasteiger partial charge >= 0.3 is 0 Å². The van der Waals surface area contributed by atoms with Gasteiger partial charge in [-0.1, -0.05) is 6.07 Å². The third-order valence-electron chi connectivity index (χ3n) is 3.80. The molecule has 0 atom stereocenters. The van der Waals surface area contributed by atoms with Crippen molar-refractivity contribution in [2.24, 2.45) is 0 Å². The van der Waals surface area contributed by atoms with Crippen LogP contribution in [0.2, 0.25) is 0 Å². The quantitative estimate of drug-likeness (QED) is 0.846. The highest BCUT2D eigenvalue weighted by atomic mass is 19.1. The lowest BCUT2D eigenvalue weighted by molar-refractivity contribution is 0.0792. The van der Waals surface area contributed by atoms with Crippen LogP contribution in [0, 0.1) is 12.7 Å². The number of carbonyl (C=O) groups excluding carboxylic acids is 1. The topological polar surface area (TPSA) is 33.2 Å². The molecule has 0 aliphatic carbocycles.